The van der Waals surface area contributed by atoms with Gasteiger partial charge in [-0.2, -0.15) is 0 Å². The number of benzene rings is 1. The Morgan fingerprint density at radius 3 is 2.56 bits per heavy atom. The number of nitrogens with one attached hydrogen (secondary N) is 2. The number of piperidine rings is 1. The summed E-state index contributed by atoms with van der Waals surface area (Å²) < 4.78 is 18.6. The van der Waals surface area contributed by atoms with Crippen LogP contribution in [0.5, 0.6) is 0 Å². The van der Waals surface area contributed by atoms with Gasteiger partial charge in [0.1, 0.15) is 5.82 Å². The van der Waals surface area contributed by atoms with Gasteiger partial charge in [0.15, 0.2) is 5.96 Å². The summed E-state index contributed by atoms with van der Waals surface area (Å²) in [5.41, 5.74) is 0.944. The minimum Gasteiger partial charge on any atom is -0.375 e. The quantitative estimate of drug-likeness (QED) is 0.586. The van der Waals surface area contributed by atoms with Crippen molar-refractivity contribution < 1.29 is 9.13 Å². The number of guanidine groups is 1. The van der Waals surface area contributed by atoms with E-state index in [4.69, 9.17) is 4.74 Å². The molecule has 0 saturated carbocycles. The highest BCUT2D eigenvalue weighted by molar-refractivity contribution is 5.80. The third-order valence-electron chi connectivity index (χ3n) is 4.67. The van der Waals surface area contributed by atoms with Gasteiger partial charge in [0, 0.05) is 39.8 Å². The third kappa shape index (κ3) is 6.29. The minimum absolute atomic E-state index is 0.148. The molecule has 1 aromatic rings. The van der Waals surface area contributed by atoms with Gasteiger partial charge in [-0.1, -0.05) is 19.1 Å². The Morgan fingerprint density at radius 2 is 2.00 bits per heavy atom. The molecule has 0 amide bonds. The average Bonchev–Trinajstić information content (AvgIpc) is 2.64. The molecule has 1 unspecified atom stereocenters. The van der Waals surface area contributed by atoms with E-state index in [0.717, 1.165) is 37.5 Å². The van der Waals surface area contributed by atoms with Crippen LogP contribution in [0.1, 0.15) is 37.9 Å². The maximum Gasteiger partial charge on any atom is 0.191 e. The van der Waals surface area contributed by atoms with E-state index in [1.165, 1.54) is 25.1 Å². The van der Waals surface area contributed by atoms with Gasteiger partial charge in [-0.05, 0) is 43.5 Å². The highest BCUT2D eigenvalue weighted by Crippen LogP contribution is 2.16. The maximum atomic E-state index is 13.1. The number of halogens is 1. The van der Waals surface area contributed by atoms with Crippen LogP contribution in [0.25, 0.3) is 0 Å². The van der Waals surface area contributed by atoms with Crippen LogP contribution >= 0.6 is 0 Å². The number of hydrogen-bond acceptors (Lipinski definition) is 3. The number of methoxy groups -OCH3 is 1. The smallest absolute Gasteiger partial charge is 0.191 e. The number of rotatable bonds is 7. The fourth-order valence-corrected chi connectivity index (χ4v) is 3.21. The van der Waals surface area contributed by atoms with Crippen LogP contribution in [-0.2, 0) is 4.74 Å². The van der Waals surface area contributed by atoms with E-state index < -0.39 is 0 Å². The molecule has 1 atom stereocenters. The van der Waals surface area contributed by atoms with Crippen LogP contribution < -0.4 is 10.6 Å². The van der Waals surface area contributed by atoms with E-state index in [1.54, 1.807) is 26.3 Å². The topological polar surface area (TPSA) is 48.9 Å². The number of aliphatic imine (C=N–C) groups is 1. The molecule has 0 aromatic heterocycles. The third-order valence-corrected chi connectivity index (χ3v) is 4.67. The lowest BCUT2D eigenvalue weighted by atomic mass is 10.1. The van der Waals surface area contributed by atoms with Crippen molar-refractivity contribution in [1.29, 1.82) is 0 Å². The summed E-state index contributed by atoms with van der Waals surface area (Å²) in [6, 6.07) is 6.87. The minimum atomic E-state index is -0.238. The molecule has 0 aliphatic carbocycles. The van der Waals surface area contributed by atoms with Crippen LogP contribution in [0.2, 0.25) is 0 Å². The fraction of sp³-hybridized carbons (Fsp3) is 0.632. The summed E-state index contributed by atoms with van der Waals surface area (Å²) in [6.07, 6.45) is 3.33. The standard InChI is InChI=1S/C19H31FN4O/c1-4-11-24-12-9-17(10-13-24)23-19(21-2)22-14-18(25-3)15-5-7-16(20)8-6-15/h5-8,17-18H,4,9-14H2,1-3H3,(H2,21,22,23). The second kappa shape index (κ2) is 10.4. The molecule has 6 heteroatoms. The molecule has 5 nitrogen and oxygen atoms in total. The van der Waals surface area contributed by atoms with Crippen molar-refractivity contribution in [3.63, 3.8) is 0 Å². The lowest BCUT2D eigenvalue weighted by molar-refractivity contribution is 0.106. The molecule has 1 aliphatic heterocycles. The molecule has 25 heavy (non-hydrogen) atoms. The molecule has 1 heterocycles. The molecule has 1 saturated heterocycles. The Labute approximate surface area is 150 Å². The Kier molecular flexibility index (Phi) is 8.15. The highest BCUT2D eigenvalue weighted by atomic mass is 19.1. The van der Waals surface area contributed by atoms with Gasteiger partial charge in [-0.3, -0.25) is 4.99 Å². The van der Waals surface area contributed by atoms with Crippen LogP contribution in [0, 0.1) is 5.82 Å². The van der Waals surface area contributed by atoms with Gasteiger partial charge in [0.25, 0.3) is 0 Å². The fourth-order valence-electron chi connectivity index (χ4n) is 3.21. The zero-order valence-corrected chi connectivity index (χ0v) is 15.6. The lowest BCUT2D eigenvalue weighted by Gasteiger charge is -2.33. The Bertz CT molecular complexity index is 527. The van der Waals surface area contributed by atoms with E-state index in [-0.39, 0.29) is 11.9 Å². The van der Waals surface area contributed by atoms with Crippen molar-refractivity contribution in [2.45, 2.75) is 38.3 Å². The van der Waals surface area contributed by atoms with E-state index >= 15 is 0 Å². The number of nitrogens with zero attached hydrogens (tertiary/aromatic N) is 2. The van der Waals surface area contributed by atoms with Crippen LogP contribution in [0.3, 0.4) is 0 Å². The molecule has 1 fully saturated rings. The average molecular weight is 350 g/mol. The van der Waals surface area contributed by atoms with Crippen LogP contribution in [0.15, 0.2) is 29.3 Å². The van der Waals surface area contributed by atoms with Crippen molar-refractivity contribution in [3.05, 3.63) is 35.6 Å². The molecule has 140 valence electrons. The SMILES string of the molecule is CCCN1CCC(NC(=NC)NCC(OC)c2ccc(F)cc2)CC1. The first-order chi connectivity index (χ1) is 12.2. The summed E-state index contributed by atoms with van der Waals surface area (Å²) in [7, 11) is 3.44. The van der Waals surface area contributed by atoms with Crippen molar-refractivity contribution in [2.75, 3.05) is 40.3 Å². The number of likely N-dealkylation sites (tertiary alicyclic amines) is 1. The zero-order chi connectivity index (χ0) is 18.1. The molecule has 1 aromatic carbocycles. The van der Waals surface area contributed by atoms with E-state index in [9.17, 15) is 4.39 Å². The summed E-state index contributed by atoms with van der Waals surface area (Å²) in [4.78, 5) is 6.83. The molecule has 0 bridgehead atoms. The molecule has 0 radical (unpaired) electrons. The first-order valence-corrected chi connectivity index (χ1v) is 9.14. The molecule has 2 rings (SSSR count). The van der Waals surface area contributed by atoms with Crippen LogP contribution in [0.4, 0.5) is 4.39 Å². The predicted octanol–water partition coefficient (Wildman–Crippen LogP) is 2.55. The first kappa shape index (κ1) is 19.7. The highest BCUT2D eigenvalue weighted by Gasteiger charge is 2.19. The summed E-state index contributed by atoms with van der Waals surface area (Å²) >= 11 is 0. The normalized spacial score (nSPS) is 18.2. The van der Waals surface area contributed by atoms with Gasteiger partial charge < -0.3 is 20.3 Å². The van der Waals surface area contributed by atoms with E-state index in [1.807, 2.05) is 0 Å². The number of hydrogen-bond donors (Lipinski definition) is 2. The van der Waals surface area contributed by atoms with Crippen molar-refractivity contribution in [1.82, 2.24) is 15.5 Å². The van der Waals surface area contributed by atoms with Gasteiger partial charge in [0.2, 0.25) is 0 Å². The first-order valence-electron chi connectivity index (χ1n) is 9.14. The predicted molar refractivity (Wildman–Crippen MR) is 100 cm³/mol. The second-order valence-electron chi connectivity index (χ2n) is 6.49. The van der Waals surface area contributed by atoms with Crippen molar-refractivity contribution >= 4 is 5.96 Å². The Hall–Kier alpha value is -1.66. The Balaban J connectivity index is 1.80. The van der Waals surface area contributed by atoms with E-state index in [2.05, 4.69) is 27.4 Å². The molecule has 1 aliphatic rings. The zero-order valence-electron chi connectivity index (χ0n) is 15.6. The van der Waals surface area contributed by atoms with Crippen LogP contribution in [-0.4, -0.2) is 57.2 Å². The van der Waals surface area contributed by atoms with Gasteiger partial charge in [-0.25, -0.2) is 4.39 Å². The molecular weight excluding hydrogens is 319 g/mol. The van der Waals surface area contributed by atoms with E-state index in [0.29, 0.717) is 12.6 Å². The van der Waals surface area contributed by atoms with Gasteiger partial charge in [0.05, 0.1) is 6.10 Å². The molecule has 2 N–H and O–H groups in total. The Morgan fingerprint density at radius 1 is 1.32 bits per heavy atom. The van der Waals surface area contributed by atoms with Crippen molar-refractivity contribution in [3.8, 4) is 0 Å². The van der Waals surface area contributed by atoms with Crippen molar-refractivity contribution in [2.24, 2.45) is 4.99 Å². The largest absolute Gasteiger partial charge is 0.375 e. The summed E-state index contributed by atoms with van der Waals surface area (Å²) in [5, 5.41) is 6.83. The van der Waals surface area contributed by atoms with Gasteiger partial charge >= 0.3 is 0 Å². The van der Waals surface area contributed by atoms with Gasteiger partial charge in [-0.15, -0.1) is 0 Å². The maximum absolute atomic E-state index is 13.1. The summed E-state index contributed by atoms with van der Waals surface area (Å²) in [5.74, 6) is 0.552. The lowest BCUT2D eigenvalue weighted by Crippen LogP contribution is -2.49. The number of ether oxygens (including phenoxy) is 1. The second-order valence-corrected chi connectivity index (χ2v) is 6.49. The molecule has 0 spiro atoms. The molecular formula is C19H31FN4O. The monoisotopic (exact) mass is 350 g/mol. The summed E-state index contributed by atoms with van der Waals surface area (Å²) in [6.45, 7) is 6.27.